The van der Waals surface area contributed by atoms with E-state index in [1.807, 2.05) is 38.1 Å². The summed E-state index contributed by atoms with van der Waals surface area (Å²) in [5.41, 5.74) is 1.74. The van der Waals surface area contributed by atoms with Gasteiger partial charge in [0.1, 0.15) is 18.5 Å². The smallest absolute Gasteiger partial charge is 0.162 e. The van der Waals surface area contributed by atoms with Gasteiger partial charge in [-0.3, -0.25) is 4.79 Å². The minimum atomic E-state index is -0.640. The Bertz CT molecular complexity index is 692. The summed E-state index contributed by atoms with van der Waals surface area (Å²) in [6.45, 7) is 4.43. The van der Waals surface area contributed by atoms with Gasteiger partial charge in [0.05, 0.1) is 0 Å². The van der Waals surface area contributed by atoms with Crippen molar-refractivity contribution in [1.82, 2.24) is 5.32 Å². The molecule has 0 spiro atoms. The SMILES string of the molecule is CCC(=O)c1ccc(OCC(O)CNC(C)c2cccc(Cl)c2)cc1.Cl. The minimum absolute atomic E-state index is 0. The molecule has 0 amide bonds. The van der Waals surface area contributed by atoms with Gasteiger partial charge in [-0.05, 0) is 48.9 Å². The van der Waals surface area contributed by atoms with E-state index in [2.05, 4.69) is 5.32 Å². The van der Waals surface area contributed by atoms with Crippen LogP contribution in [0.4, 0.5) is 0 Å². The number of carbonyl (C=O) groups is 1. The maximum atomic E-state index is 11.6. The highest BCUT2D eigenvalue weighted by Crippen LogP contribution is 2.17. The summed E-state index contributed by atoms with van der Waals surface area (Å²) >= 11 is 5.99. The number of ketones is 1. The molecule has 2 N–H and O–H groups in total. The third-order valence-corrected chi connectivity index (χ3v) is 4.18. The van der Waals surface area contributed by atoms with Gasteiger partial charge < -0.3 is 15.2 Å². The van der Waals surface area contributed by atoms with Crippen LogP contribution in [-0.4, -0.2) is 30.1 Å². The normalized spacial score (nSPS) is 12.8. The molecule has 0 aliphatic rings. The van der Waals surface area contributed by atoms with Crippen LogP contribution in [0.5, 0.6) is 5.75 Å². The number of hydrogen-bond donors (Lipinski definition) is 2. The molecule has 0 aromatic heterocycles. The molecule has 2 atom stereocenters. The molecule has 2 aromatic rings. The number of rotatable bonds is 9. The maximum Gasteiger partial charge on any atom is 0.162 e. The Morgan fingerprint density at radius 2 is 1.92 bits per heavy atom. The van der Waals surface area contributed by atoms with E-state index in [1.165, 1.54) is 0 Å². The van der Waals surface area contributed by atoms with Gasteiger partial charge in [-0.25, -0.2) is 0 Å². The summed E-state index contributed by atoms with van der Waals surface area (Å²) in [4.78, 5) is 11.6. The molecule has 142 valence electrons. The lowest BCUT2D eigenvalue weighted by Gasteiger charge is -2.18. The van der Waals surface area contributed by atoms with Gasteiger partial charge in [-0.1, -0.05) is 30.7 Å². The summed E-state index contributed by atoms with van der Waals surface area (Å²) in [5.74, 6) is 0.736. The Labute approximate surface area is 165 Å². The Kier molecular flexibility index (Phi) is 9.66. The van der Waals surface area contributed by atoms with E-state index in [4.69, 9.17) is 16.3 Å². The monoisotopic (exact) mass is 397 g/mol. The number of aliphatic hydroxyl groups is 1. The van der Waals surface area contributed by atoms with Crippen molar-refractivity contribution in [1.29, 1.82) is 0 Å². The summed E-state index contributed by atoms with van der Waals surface area (Å²) in [6.07, 6.45) is -0.159. The van der Waals surface area contributed by atoms with Crippen LogP contribution >= 0.6 is 24.0 Å². The highest BCUT2D eigenvalue weighted by atomic mass is 35.5. The van der Waals surface area contributed by atoms with Crippen molar-refractivity contribution in [2.24, 2.45) is 0 Å². The topological polar surface area (TPSA) is 58.6 Å². The van der Waals surface area contributed by atoms with Crippen molar-refractivity contribution >= 4 is 29.8 Å². The summed E-state index contributed by atoms with van der Waals surface area (Å²) in [7, 11) is 0. The maximum absolute atomic E-state index is 11.6. The summed E-state index contributed by atoms with van der Waals surface area (Å²) in [6, 6.07) is 14.7. The molecule has 0 saturated carbocycles. The van der Waals surface area contributed by atoms with E-state index >= 15 is 0 Å². The fourth-order valence-corrected chi connectivity index (χ4v) is 2.60. The number of benzene rings is 2. The average molecular weight is 398 g/mol. The highest BCUT2D eigenvalue weighted by Gasteiger charge is 2.10. The van der Waals surface area contributed by atoms with Crippen molar-refractivity contribution in [3.05, 3.63) is 64.7 Å². The molecular formula is C20H25Cl2NO3. The molecule has 2 aromatic carbocycles. The van der Waals surface area contributed by atoms with E-state index in [0.717, 1.165) is 5.56 Å². The first-order chi connectivity index (χ1) is 12.0. The van der Waals surface area contributed by atoms with Crippen LogP contribution < -0.4 is 10.1 Å². The predicted molar refractivity (Wildman–Crippen MR) is 108 cm³/mol. The Balaban J connectivity index is 0.00000338. The first-order valence-corrected chi connectivity index (χ1v) is 8.80. The lowest BCUT2D eigenvalue weighted by molar-refractivity contribution is 0.0986. The minimum Gasteiger partial charge on any atom is -0.491 e. The van der Waals surface area contributed by atoms with Crippen LogP contribution in [-0.2, 0) is 0 Å². The summed E-state index contributed by atoms with van der Waals surface area (Å²) < 4.78 is 5.57. The Morgan fingerprint density at radius 1 is 1.23 bits per heavy atom. The van der Waals surface area contributed by atoms with Crippen LogP contribution in [0, 0.1) is 0 Å². The van der Waals surface area contributed by atoms with Crippen LogP contribution in [0.1, 0.15) is 42.2 Å². The number of ether oxygens (including phenoxy) is 1. The number of carbonyl (C=O) groups excluding carboxylic acids is 1. The second kappa shape index (κ2) is 11.2. The largest absolute Gasteiger partial charge is 0.491 e. The van der Waals surface area contributed by atoms with Gasteiger partial charge in [0, 0.05) is 29.6 Å². The molecule has 6 heteroatoms. The van der Waals surface area contributed by atoms with Crippen molar-refractivity contribution < 1.29 is 14.6 Å². The van der Waals surface area contributed by atoms with Crippen molar-refractivity contribution in [2.75, 3.05) is 13.2 Å². The zero-order chi connectivity index (χ0) is 18.2. The van der Waals surface area contributed by atoms with Crippen molar-refractivity contribution in [3.63, 3.8) is 0 Å². The first kappa shape index (κ1) is 22.5. The van der Waals surface area contributed by atoms with Gasteiger partial charge in [0.15, 0.2) is 5.78 Å². The van der Waals surface area contributed by atoms with Gasteiger partial charge in [-0.15, -0.1) is 12.4 Å². The highest BCUT2D eigenvalue weighted by molar-refractivity contribution is 6.30. The molecule has 2 unspecified atom stereocenters. The van der Waals surface area contributed by atoms with E-state index < -0.39 is 6.10 Å². The van der Waals surface area contributed by atoms with Gasteiger partial charge in [-0.2, -0.15) is 0 Å². The average Bonchev–Trinajstić information content (AvgIpc) is 2.64. The second-order valence-electron chi connectivity index (χ2n) is 5.95. The van der Waals surface area contributed by atoms with Gasteiger partial charge in [0.2, 0.25) is 0 Å². The molecule has 0 saturated heterocycles. The van der Waals surface area contributed by atoms with E-state index in [1.54, 1.807) is 24.3 Å². The fraction of sp³-hybridized carbons (Fsp3) is 0.350. The Hall–Kier alpha value is -1.59. The Morgan fingerprint density at radius 3 is 2.54 bits per heavy atom. The van der Waals surface area contributed by atoms with E-state index in [0.29, 0.717) is 29.3 Å². The number of Topliss-reactive ketones (excluding diaryl/α,β-unsaturated/α-hetero) is 1. The number of aliphatic hydroxyl groups excluding tert-OH is 1. The molecule has 0 heterocycles. The zero-order valence-corrected chi connectivity index (χ0v) is 16.5. The molecule has 0 aliphatic carbocycles. The molecule has 0 radical (unpaired) electrons. The molecule has 0 bridgehead atoms. The molecular weight excluding hydrogens is 373 g/mol. The third kappa shape index (κ3) is 6.96. The summed E-state index contributed by atoms with van der Waals surface area (Å²) in [5, 5.41) is 14.0. The molecule has 2 rings (SSSR count). The van der Waals surface area contributed by atoms with Crippen LogP contribution in [0.15, 0.2) is 48.5 Å². The first-order valence-electron chi connectivity index (χ1n) is 8.42. The second-order valence-corrected chi connectivity index (χ2v) is 6.39. The molecule has 0 aliphatic heterocycles. The molecule has 4 nitrogen and oxygen atoms in total. The number of hydrogen-bond acceptors (Lipinski definition) is 4. The van der Waals surface area contributed by atoms with E-state index in [9.17, 15) is 9.90 Å². The fourth-order valence-electron chi connectivity index (χ4n) is 2.40. The standard InChI is InChI=1S/C20H24ClNO3.ClH/c1-3-20(24)15-7-9-19(10-8-15)25-13-18(23)12-22-14(2)16-5-4-6-17(21)11-16;/h4-11,14,18,22-23H,3,12-13H2,1-2H3;1H. The van der Waals surface area contributed by atoms with Crippen molar-refractivity contribution in [2.45, 2.75) is 32.4 Å². The van der Waals surface area contributed by atoms with Crippen LogP contribution in [0.3, 0.4) is 0 Å². The number of halogens is 2. The van der Waals surface area contributed by atoms with E-state index in [-0.39, 0.29) is 30.8 Å². The number of nitrogens with one attached hydrogen (secondary N) is 1. The zero-order valence-electron chi connectivity index (χ0n) is 14.9. The molecule has 0 fully saturated rings. The van der Waals surface area contributed by atoms with Crippen LogP contribution in [0.25, 0.3) is 0 Å². The third-order valence-electron chi connectivity index (χ3n) is 3.95. The predicted octanol–water partition coefficient (Wildman–Crippen LogP) is 4.45. The quantitative estimate of drug-likeness (QED) is 0.613. The lowest BCUT2D eigenvalue weighted by Crippen LogP contribution is -2.33. The van der Waals surface area contributed by atoms with Crippen molar-refractivity contribution in [3.8, 4) is 5.75 Å². The molecule has 26 heavy (non-hydrogen) atoms. The van der Waals surface area contributed by atoms with Gasteiger partial charge in [0.25, 0.3) is 0 Å². The lowest BCUT2D eigenvalue weighted by atomic mass is 10.1. The van der Waals surface area contributed by atoms with Gasteiger partial charge >= 0.3 is 0 Å². The van der Waals surface area contributed by atoms with Crippen LogP contribution in [0.2, 0.25) is 5.02 Å².